The Morgan fingerprint density at radius 2 is 1.83 bits per heavy atom. The molecule has 0 atom stereocenters. The van der Waals surface area contributed by atoms with E-state index in [1.54, 1.807) is 0 Å². The van der Waals surface area contributed by atoms with Gasteiger partial charge in [0.2, 0.25) is 0 Å². The number of anilines is 1. The maximum atomic E-state index is 6.22. The van der Waals surface area contributed by atoms with Crippen molar-refractivity contribution in [2.75, 3.05) is 11.9 Å². The molecule has 128 valence electrons. The van der Waals surface area contributed by atoms with Crippen molar-refractivity contribution >= 4 is 5.69 Å². The van der Waals surface area contributed by atoms with Gasteiger partial charge in [-0.2, -0.15) is 0 Å². The lowest BCUT2D eigenvalue weighted by molar-refractivity contribution is 0.208. The van der Waals surface area contributed by atoms with Crippen LogP contribution in [0.15, 0.2) is 18.2 Å². The molecule has 3 N–H and O–H groups in total. The first-order valence-corrected chi connectivity index (χ1v) is 9.53. The molecule has 0 amide bonds. The highest BCUT2D eigenvalue weighted by molar-refractivity contribution is 5.51. The van der Waals surface area contributed by atoms with E-state index >= 15 is 0 Å². The van der Waals surface area contributed by atoms with Crippen LogP contribution in [0, 0.1) is 5.92 Å². The van der Waals surface area contributed by atoms with Crippen LogP contribution in [0.25, 0.3) is 0 Å². The van der Waals surface area contributed by atoms with Gasteiger partial charge in [-0.25, -0.2) is 0 Å². The predicted molar refractivity (Wildman–Crippen MR) is 97.1 cm³/mol. The summed E-state index contributed by atoms with van der Waals surface area (Å²) in [7, 11) is 0. The van der Waals surface area contributed by atoms with E-state index in [4.69, 9.17) is 10.5 Å². The van der Waals surface area contributed by atoms with Crippen LogP contribution in [0.2, 0.25) is 0 Å². The minimum absolute atomic E-state index is 0.435. The van der Waals surface area contributed by atoms with Gasteiger partial charge in [0.25, 0.3) is 0 Å². The molecule has 2 aliphatic rings. The molecule has 0 radical (unpaired) electrons. The molecule has 0 bridgehead atoms. The maximum Gasteiger partial charge on any atom is 0.123 e. The second-order valence-corrected chi connectivity index (χ2v) is 7.36. The van der Waals surface area contributed by atoms with Crippen LogP contribution in [0.1, 0.15) is 63.9 Å². The van der Waals surface area contributed by atoms with Crippen molar-refractivity contribution in [3.05, 3.63) is 23.8 Å². The van der Waals surface area contributed by atoms with E-state index in [0.717, 1.165) is 24.6 Å². The van der Waals surface area contributed by atoms with Gasteiger partial charge >= 0.3 is 0 Å². The first-order valence-electron chi connectivity index (χ1n) is 9.53. The SMILES string of the molecule is CCc1cc(NC[C@H]2CC[C@H](N)CC2)ccc1OC1CCCC1. The maximum absolute atomic E-state index is 6.22. The quantitative estimate of drug-likeness (QED) is 0.812. The van der Waals surface area contributed by atoms with Crippen LogP contribution in [-0.4, -0.2) is 18.7 Å². The molecular formula is C20H32N2O. The predicted octanol–water partition coefficient (Wildman–Crippen LogP) is 4.50. The first-order chi connectivity index (χ1) is 11.2. The number of hydrogen-bond donors (Lipinski definition) is 2. The van der Waals surface area contributed by atoms with E-state index in [-0.39, 0.29) is 0 Å². The fraction of sp³-hybridized carbons (Fsp3) is 0.700. The van der Waals surface area contributed by atoms with Crippen molar-refractivity contribution in [3.8, 4) is 5.75 Å². The Morgan fingerprint density at radius 1 is 1.09 bits per heavy atom. The molecule has 3 nitrogen and oxygen atoms in total. The van der Waals surface area contributed by atoms with Gasteiger partial charge in [-0.3, -0.25) is 0 Å². The van der Waals surface area contributed by atoms with Crippen molar-refractivity contribution in [2.24, 2.45) is 11.7 Å². The summed E-state index contributed by atoms with van der Waals surface area (Å²) >= 11 is 0. The molecule has 0 aliphatic heterocycles. The number of hydrogen-bond acceptors (Lipinski definition) is 3. The second kappa shape index (κ2) is 8.05. The Hall–Kier alpha value is -1.22. The minimum Gasteiger partial charge on any atom is -0.490 e. The molecule has 2 saturated carbocycles. The standard InChI is InChI=1S/C20H32N2O/c1-2-16-13-18(22-14-15-7-9-17(21)10-8-15)11-12-20(16)23-19-5-3-4-6-19/h11-13,15,17,19,22H,2-10,14,21H2,1H3/t15-,17-. The second-order valence-electron chi connectivity index (χ2n) is 7.36. The van der Waals surface area contributed by atoms with Gasteiger partial charge < -0.3 is 15.8 Å². The Bertz CT molecular complexity index is 488. The average molecular weight is 316 g/mol. The summed E-state index contributed by atoms with van der Waals surface area (Å²) in [5.74, 6) is 1.86. The van der Waals surface area contributed by atoms with Crippen molar-refractivity contribution < 1.29 is 4.74 Å². The summed E-state index contributed by atoms with van der Waals surface area (Å²) in [5, 5.41) is 3.63. The highest BCUT2D eigenvalue weighted by atomic mass is 16.5. The van der Waals surface area contributed by atoms with Crippen LogP contribution in [0.3, 0.4) is 0 Å². The van der Waals surface area contributed by atoms with Crippen LogP contribution < -0.4 is 15.8 Å². The number of aryl methyl sites for hydroxylation is 1. The fourth-order valence-electron chi connectivity index (χ4n) is 3.92. The van der Waals surface area contributed by atoms with Gasteiger partial charge in [0.1, 0.15) is 5.75 Å². The lowest BCUT2D eigenvalue weighted by Gasteiger charge is -2.26. The van der Waals surface area contributed by atoms with E-state index in [0.29, 0.717) is 12.1 Å². The molecule has 0 unspecified atom stereocenters. The Labute approximate surface area is 141 Å². The Morgan fingerprint density at radius 3 is 2.52 bits per heavy atom. The Balaban J connectivity index is 1.55. The number of rotatable bonds is 6. The molecule has 2 aliphatic carbocycles. The molecular weight excluding hydrogens is 284 g/mol. The fourth-order valence-corrected chi connectivity index (χ4v) is 3.92. The van der Waals surface area contributed by atoms with Gasteiger partial charge in [0.15, 0.2) is 0 Å². The van der Waals surface area contributed by atoms with Crippen LogP contribution in [-0.2, 0) is 6.42 Å². The van der Waals surface area contributed by atoms with Gasteiger partial charge in [0, 0.05) is 18.3 Å². The summed E-state index contributed by atoms with van der Waals surface area (Å²) in [5.41, 5.74) is 8.55. The summed E-state index contributed by atoms with van der Waals surface area (Å²) in [4.78, 5) is 0. The van der Waals surface area contributed by atoms with Gasteiger partial charge in [-0.05, 0) is 87.5 Å². The number of nitrogens with one attached hydrogen (secondary N) is 1. The third-order valence-electron chi connectivity index (χ3n) is 5.52. The van der Waals surface area contributed by atoms with E-state index in [9.17, 15) is 0 Å². The monoisotopic (exact) mass is 316 g/mol. The lowest BCUT2D eigenvalue weighted by atomic mass is 9.86. The summed E-state index contributed by atoms with van der Waals surface area (Å²) < 4.78 is 6.22. The first kappa shape index (κ1) is 16.6. The third kappa shape index (κ3) is 4.63. The summed E-state index contributed by atoms with van der Waals surface area (Å²) in [6.45, 7) is 3.28. The van der Waals surface area contributed by atoms with E-state index < -0.39 is 0 Å². The van der Waals surface area contributed by atoms with Crippen molar-refractivity contribution in [1.29, 1.82) is 0 Å². The van der Waals surface area contributed by atoms with Crippen molar-refractivity contribution in [2.45, 2.75) is 76.9 Å². The van der Waals surface area contributed by atoms with Crippen molar-refractivity contribution in [3.63, 3.8) is 0 Å². The molecule has 1 aromatic rings. The van der Waals surface area contributed by atoms with Crippen LogP contribution in [0.4, 0.5) is 5.69 Å². The van der Waals surface area contributed by atoms with Gasteiger partial charge in [-0.15, -0.1) is 0 Å². The smallest absolute Gasteiger partial charge is 0.123 e. The van der Waals surface area contributed by atoms with E-state index in [2.05, 4.69) is 30.4 Å². The zero-order valence-corrected chi connectivity index (χ0v) is 14.5. The van der Waals surface area contributed by atoms with Gasteiger partial charge in [0.05, 0.1) is 6.10 Å². The van der Waals surface area contributed by atoms with Gasteiger partial charge in [-0.1, -0.05) is 6.92 Å². The molecule has 1 aromatic carbocycles. The highest BCUT2D eigenvalue weighted by Gasteiger charge is 2.19. The summed E-state index contributed by atoms with van der Waals surface area (Å²) in [6.07, 6.45) is 11.4. The van der Waals surface area contributed by atoms with Crippen LogP contribution >= 0.6 is 0 Å². The third-order valence-corrected chi connectivity index (χ3v) is 5.52. The zero-order valence-electron chi connectivity index (χ0n) is 14.5. The molecule has 0 heterocycles. The topological polar surface area (TPSA) is 47.3 Å². The largest absolute Gasteiger partial charge is 0.490 e. The molecule has 2 fully saturated rings. The number of benzene rings is 1. The van der Waals surface area contributed by atoms with Crippen molar-refractivity contribution in [1.82, 2.24) is 0 Å². The molecule has 0 spiro atoms. The summed E-state index contributed by atoms with van der Waals surface area (Å²) in [6, 6.07) is 7.05. The minimum atomic E-state index is 0.435. The van der Waals surface area contributed by atoms with E-state index in [1.807, 2.05) is 0 Å². The molecule has 3 heteroatoms. The van der Waals surface area contributed by atoms with Crippen LogP contribution in [0.5, 0.6) is 5.75 Å². The Kier molecular flexibility index (Phi) is 5.82. The lowest BCUT2D eigenvalue weighted by Crippen LogP contribution is -2.29. The molecule has 23 heavy (non-hydrogen) atoms. The zero-order chi connectivity index (χ0) is 16.1. The highest BCUT2D eigenvalue weighted by Crippen LogP contribution is 2.29. The number of ether oxygens (including phenoxy) is 1. The molecule has 0 aromatic heterocycles. The van der Waals surface area contributed by atoms with E-state index in [1.165, 1.54) is 62.6 Å². The average Bonchev–Trinajstić information content (AvgIpc) is 3.08. The molecule has 0 saturated heterocycles. The number of nitrogens with two attached hydrogens (primary N) is 1. The molecule has 3 rings (SSSR count). The normalized spacial score (nSPS) is 25.5.